The first kappa shape index (κ1) is 8.45. The molecule has 1 aromatic carbocycles. The summed E-state index contributed by atoms with van der Waals surface area (Å²) in [5.74, 6) is 0.374. The summed E-state index contributed by atoms with van der Waals surface area (Å²) in [6.07, 6.45) is 2.08. The molecule has 2 atom stereocenters. The van der Waals surface area contributed by atoms with E-state index in [1.807, 2.05) is 18.2 Å². The maximum atomic E-state index is 10.7. The van der Waals surface area contributed by atoms with Crippen LogP contribution < -0.4 is 5.32 Å². The van der Waals surface area contributed by atoms with Gasteiger partial charge < -0.3 is 10.1 Å². The Morgan fingerprint density at radius 1 is 1.31 bits per heavy atom. The van der Waals surface area contributed by atoms with Gasteiger partial charge in [-0.25, -0.2) is 0 Å². The van der Waals surface area contributed by atoms with E-state index < -0.39 is 0 Å². The van der Waals surface area contributed by atoms with Gasteiger partial charge in [0, 0.05) is 5.92 Å². The second-order valence-corrected chi connectivity index (χ2v) is 3.42. The van der Waals surface area contributed by atoms with Crippen LogP contribution in [0.1, 0.15) is 17.9 Å². The summed E-state index contributed by atoms with van der Waals surface area (Å²) in [5, 5.41) is 3.19. The van der Waals surface area contributed by atoms with Gasteiger partial charge in [0.25, 0.3) is 0 Å². The fourth-order valence-electron chi connectivity index (χ4n) is 1.94. The fraction of sp³-hybridized carbons (Fsp3) is 0.364. The van der Waals surface area contributed by atoms with Gasteiger partial charge in [0.05, 0.1) is 6.04 Å². The Bertz CT molecular complexity index is 283. The molecular formula is C11H13NO. The van der Waals surface area contributed by atoms with E-state index in [0.29, 0.717) is 5.92 Å². The molecule has 0 aliphatic carbocycles. The van der Waals surface area contributed by atoms with E-state index in [9.17, 15) is 4.79 Å². The quantitative estimate of drug-likeness (QED) is 0.687. The third-order valence-electron chi connectivity index (χ3n) is 2.64. The average Bonchev–Trinajstić information content (AvgIpc) is 2.67. The highest BCUT2D eigenvalue weighted by Gasteiger charge is 2.27. The van der Waals surface area contributed by atoms with E-state index in [2.05, 4.69) is 17.4 Å². The summed E-state index contributed by atoms with van der Waals surface area (Å²) < 4.78 is 0. The number of benzene rings is 1. The monoisotopic (exact) mass is 175 g/mol. The number of carbonyl (C=O) groups excluding carboxylic acids is 1. The lowest BCUT2D eigenvalue weighted by molar-refractivity contribution is -0.109. The van der Waals surface area contributed by atoms with Gasteiger partial charge in [-0.1, -0.05) is 30.3 Å². The largest absolute Gasteiger partial charge is 0.307 e. The highest BCUT2D eigenvalue weighted by atomic mass is 16.1. The van der Waals surface area contributed by atoms with Crippen LogP contribution in [0.4, 0.5) is 0 Å². The molecule has 1 aliphatic rings. The first-order valence-electron chi connectivity index (χ1n) is 4.65. The minimum absolute atomic E-state index is 0.0161. The summed E-state index contributed by atoms with van der Waals surface area (Å²) >= 11 is 0. The first-order chi connectivity index (χ1) is 6.42. The number of nitrogens with one attached hydrogen (secondary N) is 1. The van der Waals surface area contributed by atoms with Gasteiger partial charge in [0.15, 0.2) is 0 Å². The van der Waals surface area contributed by atoms with Gasteiger partial charge >= 0.3 is 0 Å². The van der Waals surface area contributed by atoms with Crippen LogP contribution >= 0.6 is 0 Å². The second-order valence-electron chi connectivity index (χ2n) is 3.42. The molecule has 1 N–H and O–H groups in total. The number of rotatable bonds is 2. The molecule has 1 aromatic rings. The zero-order valence-corrected chi connectivity index (χ0v) is 7.44. The van der Waals surface area contributed by atoms with Crippen molar-refractivity contribution in [3.63, 3.8) is 0 Å². The highest BCUT2D eigenvalue weighted by molar-refractivity contribution is 5.61. The van der Waals surface area contributed by atoms with Crippen molar-refractivity contribution in [3.05, 3.63) is 35.9 Å². The topological polar surface area (TPSA) is 29.1 Å². The number of hydrogen-bond acceptors (Lipinski definition) is 2. The molecule has 0 aromatic heterocycles. The van der Waals surface area contributed by atoms with Crippen LogP contribution in [0.3, 0.4) is 0 Å². The minimum Gasteiger partial charge on any atom is -0.307 e. The molecule has 1 fully saturated rings. The van der Waals surface area contributed by atoms with Gasteiger partial charge in [-0.3, -0.25) is 0 Å². The van der Waals surface area contributed by atoms with Crippen LogP contribution in [0.25, 0.3) is 0 Å². The van der Waals surface area contributed by atoms with Gasteiger partial charge in [0.2, 0.25) is 0 Å². The van der Waals surface area contributed by atoms with E-state index in [1.165, 1.54) is 5.56 Å². The zero-order chi connectivity index (χ0) is 9.10. The number of hydrogen-bond donors (Lipinski definition) is 1. The molecule has 0 spiro atoms. The smallest absolute Gasteiger partial charge is 0.137 e. The Balaban J connectivity index is 2.21. The maximum Gasteiger partial charge on any atom is 0.137 e. The molecule has 0 unspecified atom stereocenters. The van der Waals surface area contributed by atoms with E-state index in [1.54, 1.807) is 0 Å². The molecule has 1 heterocycles. The molecule has 0 amide bonds. The van der Waals surface area contributed by atoms with Gasteiger partial charge in [-0.15, -0.1) is 0 Å². The normalized spacial score (nSPS) is 27.4. The maximum absolute atomic E-state index is 10.7. The fourth-order valence-corrected chi connectivity index (χ4v) is 1.94. The minimum atomic E-state index is 0.0161. The van der Waals surface area contributed by atoms with Crippen molar-refractivity contribution < 1.29 is 4.79 Å². The van der Waals surface area contributed by atoms with Crippen molar-refractivity contribution in [2.45, 2.75) is 18.4 Å². The predicted octanol–water partition coefficient (Wildman–Crippen LogP) is 1.33. The van der Waals surface area contributed by atoms with E-state index in [0.717, 1.165) is 19.3 Å². The highest BCUT2D eigenvalue weighted by Crippen LogP contribution is 2.26. The molecule has 1 aliphatic heterocycles. The lowest BCUT2D eigenvalue weighted by atomic mass is 9.93. The lowest BCUT2D eigenvalue weighted by Gasteiger charge is -2.13. The van der Waals surface area contributed by atoms with Crippen molar-refractivity contribution in [2.24, 2.45) is 0 Å². The van der Waals surface area contributed by atoms with Gasteiger partial charge in [-0.2, -0.15) is 0 Å². The van der Waals surface area contributed by atoms with Gasteiger partial charge in [-0.05, 0) is 18.5 Å². The van der Waals surface area contributed by atoms with Crippen molar-refractivity contribution in [3.8, 4) is 0 Å². The third-order valence-corrected chi connectivity index (χ3v) is 2.64. The van der Waals surface area contributed by atoms with Crippen molar-refractivity contribution in [1.29, 1.82) is 0 Å². The Morgan fingerprint density at radius 2 is 2.08 bits per heavy atom. The standard InChI is InChI=1S/C11H13NO/c13-8-11-10(6-7-12-11)9-4-2-1-3-5-9/h1-5,8,10-12H,6-7H2/t10-,11-/m1/s1. The first-order valence-corrected chi connectivity index (χ1v) is 4.65. The zero-order valence-electron chi connectivity index (χ0n) is 7.44. The molecule has 2 rings (SSSR count). The van der Waals surface area contributed by atoms with Crippen LogP contribution in [0, 0.1) is 0 Å². The van der Waals surface area contributed by atoms with Crippen LogP contribution in [-0.2, 0) is 4.79 Å². The van der Waals surface area contributed by atoms with E-state index in [4.69, 9.17) is 0 Å². The molecule has 1 saturated heterocycles. The van der Waals surface area contributed by atoms with Gasteiger partial charge in [0.1, 0.15) is 6.29 Å². The second kappa shape index (κ2) is 3.71. The molecule has 0 radical (unpaired) electrons. The molecule has 0 saturated carbocycles. The molecule has 2 heteroatoms. The van der Waals surface area contributed by atoms with E-state index in [-0.39, 0.29) is 6.04 Å². The molecular weight excluding hydrogens is 162 g/mol. The van der Waals surface area contributed by atoms with Crippen LogP contribution in [0.2, 0.25) is 0 Å². The van der Waals surface area contributed by atoms with E-state index >= 15 is 0 Å². The predicted molar refractivity (Wildman–Crippen MR) is 51.7 cm³/mol. The summed E-state index contributed by atoms with van der Waals surface area (Å²) in [7, 11) is 0. The van der Waals surface area contributed by atoms with Crippen LogP contribution in [-0.4, -0.2) is 18.9 Å². The van der Waals surface area contributed by atoms with Crippen LogP contribution in [0.15, 0.2) is 30.3 Å². The Kier molecular flexibility index (Phi) is 2.41. The third kappa shape index (κ3) is 1.63. The SMILES string of the molecule is O=C[C@H]1NCC[C@@H]1c1ccccc1. The van der Waals surface area contributed by atoms with Crippen molar-refractivity contribution in [2.75, 3.05) is 6.54 Å². The number of carbonyl (C=O) groups is 1. The summed E-state index contributed by atoms with van der Waals surface area (Å²) in [5.41, 5.74) is 1.27. The van der Waals surface area contributed by atoms with Crippen molar-refractivity contribution >= 4 is 6.29 Å². The molecule has 2 nitrogen and oxygen atoms in total. The van der Waals surface area contributed by atoms with Crippen molar-refractivity contribution in [1.82, 2.24) is 5.32 Å². The average molecular weight is 175 g/mol. The summed E-state index contributed by atoms with van der Waals surface area (Å²) in [6.45, 7) is 0.947. The summed E-state index contributed by atoms with van der Waals surface area (Å²) in [6, 6.07) is 10.2. The molecule has 13 heavy (non-hydrogen) atoms. The lowest BCUT2D eigenvalue weighted by Crippen LogP contribution is -2.27. The molecule has 0 bridgehead atoms. The Hall–Kier alpha value is -1.15. The Morgan fingerprint density at radius 3 is 2.77 bits per heavy atom. The molecule has 68 valence electrons. The van der Waals surface area contributed by atoms with Crippen LogP contribution in [0.5, 0.6) is 0 Å². The Labute approximate surface area is 78.0 Å². The summed E-state index contributed by atoms with van der Waals surface area (Å²) in [4.78, 5) is 10.7. The number of aldehydes is 1.